The Labute approximate surface area is 161 Å². The molecule has 28 heavy (non-hydrogen) atoms. The third kappa shape index (κ3) is 3.01. The highest BCUT2D eigenvalue weighted by molar-refractivity contribution is 6.05. The van der Waals surface area contributed by atoms with E-state index in [-0.39, 0.29) is 33.3 Å². The number of fused-ring (bicyclic) bond motifs is 3. The van der Waals surface area contributed by atoms with Crippen LogP contribution in [0.25, 0.3) is 10.9 Å². The van der Waals surface area contributed by atoms with Gasteiger partial charge in [0, 0.05) is 24.2 Å². The number of halogens is 3. The fraction of sp³-hybridized carbons (Fsp3) is 0.524. The number of alkyl halides is 3. The number of aromatic carboxylic acids is 1. The Bertz CT molecular complexity index is 970. The van der Waals surface area contributed by atoms with Gasteiger partial charge >= 0.3 is 12.1 Å². The van der Waals surface area contributed by atoms with E-state index in [2.05, 4.69) is 25.8 Å². The molecule has 4 rings (SSSR count). The number of benzene rings is 1. The highest BCUT2D eigenvalue weighted by atomic mass is 19.4. The van der Waals surface area contributed by atoms with Gasteiger partial charge in [0.1, 0.15) is 5.56 Å². The summed E-state index contributed by atoms with van der Waals surface area (Å²) >= 11 is 0. The maximum atomic E-state index is 13.5. The van der Waals surface area contributed by atoms with Crippen molar-refractivity contribution in [1.82, 2.24) is 4.98 Å². The Morgan fingerprint density at radius 1 is 1.25 bits per heavy atom. The van der Waals surface area contributed by atoms with E-state index in [4.69, 9.17) is 0 Å². The molecule has 1 aliphatic heterocycles. The van der Waals surface area contributed by atoms with Gasteiger partial charge in [-0.2, -0.15) is 13.2 Å². The molecule has 2 fully saturated rings. The van der Waals surface area contributed by atoms with Crippen LogP contribution in [0.5, 0.6) is 0 Å². The summed E-state index contributed by atoms with van der Waals surface area (Å²) in [7, 11) is 0. The van der Waals surface area contributed by atoms with Crippen molar-refractivity contribution in [3.63, 3.8) is 0 Å². The summed E-state index contributed by atoms with van der Waals surface area (Å²) in [5.41, 5.74) is -0.580. The van der Waals surface area contributed by atoms with Gasteiger partial charge in [-0.25, -0.2) is 4.79 Å². The van der Waals surface area contributed by atoms with Crippen LogP contribution in [0.3, 0.4) is 0 Å². The first kappa shape index (κ1) is 19.0. The first-order chi connectivity index (χ1) is 12.9. The van der Waals surface area contributed by atoms with Gasteiger partial charge in [-0.05, 0) is 36.2 Å². The zero-order valence-electron chi connectivity index (χ0n) is 16.1. The summed E-state index contributed by atoms with van der Waals surface area (Å²) < 4.78 is 40.5. The maximum Gasteiger partial charge on any atom is 0.418 e. The number of carboxylic acids is 1. The summed E-state index contributed by atoms with van der Waals surface area (Å²) in [6.45, 7) is 7.22. The largest absolute Gasteiger partial charge is 0.478 e. The van der Waals surface area contributed by atoms with Gasteiger partial charge in [0.2, 0.25) is 0 Å². The topological polar surface area (TPSA) is 53.4 Å². The Kier molecular flexibility index (Phi) is 3.97. The van der Waals surface area contributed by atoms with Gasteiger partial charge in [0.05, 0.1) is 16.8 Å². The fourth-order valence-corrected chi connectivity index (χ4v) is 5.63. The second-order valence-electron chi connectivity index (χ2n) is 9.37. The first-order valence-electron chi connectivity index (χ1n) is 9.39. The monoisotopic (exact) mass is 392 g/mol. The first-order valence-corrected chi connectivity index (χ1v) is 9.39. The molecule has 2 atom stereocenters. The third-order valence-corrected chi connectivity index (χ3v) is 6.11. The predicted octanol–water partition coefficient (Wildman–Crippen LogP) is 5.36. The van der Waals surface area contributed by atoms with Crippen molar-refractivity contribution in [3.8, 4) is 0 Å². The number of hydrogen-bond acceptors (Lipinski definition) is 3. The Hall–Kier alpha value is -2.31. The molecule has 4 nitrogen and oxygen atoms in total. The molecule has 2 bridgehead atoms. The van der Waals surface area contributed by atoms with Crippen LogP contribution >= 0.6 is 0 Å². The van der Waals surface area contributed by atoms with Crippen molar-refractivity contribution < 1.29 is 23.1 Å². The highest BCUT2D eigenvalue weighted by Gasteiger charge is 2.50. The molecule has 1 saturated heterocycles. The van der Waals surface area contributed by atoms with E-state index >= 15 is 0 Å². The Balaban J connectivity index is 1.96. The second kappa shape index (κ2) is 5.84. The fourth-order valence-electron chi connectivity index (χ4n) is 5.63. The van der Waals surface area contributed by atoms with Crippen LogP contribution in [0.2, 0.25) is 0 Å². The van der Waals surface area contributed by atoms with Crippen LogP contribution in [0.1, 0.15) is 56.0 Å². The molecule has 1 aromatic carbocycles. The molecule has 150 valence electrons. The average Bonchev–Trinajstić information content (AvgIpc) is 2.80. The number of hydrogen-bond donors (Lipinski definition) is 1. The number of anilines is 1. The molecule has 0 unspecified atom stereocenters. The van der Waals surface area contributed by atoms with Crippen LogP contribution in [0.4, 0.5) is 18.9 Å². The molecule has 1 saturated carbocycles. The molecule has 0 spiro atoms. The lowest BCUT2D eigenvalue weighted by Gasteiger charge is -2.39. The van der Waals surface area contributed by atoms with Gasteiger partial charge in [-0.15, -0.1) is 0 Å². The summed E-state index contributed by atoms with van der Waals surface area (Å²) in [6.07, 6.45) is -0.677. The van der Waals surface area contributed by atoms with E-state index in [1.165, 1.54) is 6.07 Å². The zero-order valence-corrected chi connectivity index (χ0v) is 16.1. The molecule has 1 aliphatic carbocycles. The average molecular weight is 392 g/mol. The molecule has 1 N–H and O–H groups in total. The van der Waals surface area contributed by atoms with Crippen LogP contribution in [0.15, 0.2) is 24.4 Å². The summed E-state index contributed by atoms with van der Waals surface area (Å²) in [5.74, 6) is -1.17. The van der Waals surface area contributed by atoms with E-state index < -0.39 is 17.7 Å². The van der Waals surface area contributed by atoms with Gasteiger partial charge < -0.3 is 10.0 Å². The van der Waals surface area contributed by atoms with Gasteiger partial charge in [-0.1, -0.05) is 32.9 Å². The van der Waals surface area contributed by atoms with Gasteiger partial charge in [0.15, 0.2) is 0 Å². The molecule has 2 aliphatic rings. The lowest BCUT2D eigenvalue weighted by atomic mass is 9.65. The van der Waals surface area contributed by atoms with E-state index in [1.807, 2.05) is 4.90 Å². The number of para-hydroxylation sites is 1. The van der Waals surface area contributed by atoms with Gasteiger partial charge in [-0.3, -0.25) is 4.98 Å². The highest BCUT2D eigenvalue weighted by Crippen LogP contribution is 2.54. The van der Waals surface area contributed by atoms with Crippen LogP contribution in [-0.4, -0.2) is 28.6 Å². The standard InChI is InChI=1S/C21H23F3N2O2/c1-19(2)7-12-8-20(3,10-19)11-26(12)17-13-5-4-6-15(21(22,23)24)16(13)25-9-14(17)18(27)28/h4-6,9,12H,7-8,10-11H2,1-3H3,(H,27,28)/t12-,20-/m1/s1. The minimum absolute atomic E-state index is 0.0133. The lowest BCUT2D eigenvalue weighted by molar-refractivity contribution is -0.136. The molecular formula is C21H23F3N2O2. The van der Waals surface area contributed by atoms with Gasteiger partial charge in [0.25, 0.3) is 0 Å². The lowest BCUT2D eigenvalue weighted by Crippen LogP contribution is -2.35. The van der Waals surface area contributed by atoms with Crippen molar-refractivity contribution in [2.75, 3.05) is 11.4 Å². The predicted molar refractivity (Wildman–Crippen MR) is 101 cm³/mol. The second-order valence-corrected chi connectivity index (χ2v) is 9.37. The number of rotatable bonds is 2. The van der Waals surface area contributed by atoms with Crippen molar-refractivity contribution in [2.24, 2.45) is 10.8 Å². The zero-order chi connectivity index (χ0) is 20.5. The summed E-state index contributed by atoms with van der Waals surface area (Å²) in [6, 6.07) is 3.98. The Morgan fingerprint density at radius 2 is 1.96 bits per heavy atom. The number of carboxylic acid groups (broad SMARTS) is 1. The van der Waals surface area contributed by atoms with Crippen molar-refractivity contribution in [2.45, 2.75) is 52.3 Å². The van der Waals surface area contributed by atoms with Crippen molar-refractivity contribution in [3.05, 3.63) is 35.5 Å². The van der Waals surface area contributed by atoms with E-state index in [0.717, 1.165) is 31.5 Å². The van der Waals surface area contributed by atoms with E-state index in [9.17, 15) is 23.1 Å². The molecular weight excluding hydrogens is 369 g/mol. The molecule has 0 amide bonds. The van der Waals surface area contributed by atoms with Crippen LogP contribution < -0.4 is 4.90 Å². The number of nitrogens with zero attached hydrogens (tertiary/aromatic N) is 2. The third-order valence-electron chi connectivity index (χ3n) is 6.11. The van der Waals surface area contributed by atoms with E-state index in [1.54, 1.807) is 6.07 Å². The number of aromatic nitrogens is 1. The molecule has 1 aromatic heterocycles. The minimum Gasteiger partial charge on any atom is -0.478 e. The van der Waals surface area contributed by atoms with Crippen molar-refractivity contribution in [1.29, 1.82) is 0 Å². The molecule has 2 aromatic rings. The number of pyridine rings is 1. The molecule has 2 heterocycles. The van der Waals surface area contributed by atoms with Crippen LogP contribution in [0, 0.1) is 10.8 Å². The van der Waals surface area contributed by atoms with Crippen molar-refractivity contribution >= 4 is 22.6 Å². The Morgan fingerprint density at radius 3 is 2.61 bits per heavy atom. The minimum atomic E-state index is -4.55. The number of carbonyl (C=O) groups is 1. The van der Waals surface area contributed by atoms with E-state index in [0.29, 0.717) is 12.2 Å². The summed E-state index contributed by atoms with van der Waals surface area (Å²) in [4.78, 5) is 17.8. The molecule has 0 radical (unpaired) electrons. The quantitative estimate of drug-likeness (QED) is 0.748. The maximum absolute atomic E-state index is 13.5. The SMILES string of the molecule is CC1(C)C[C@@H]2C[C@@](C)(CN2c2c(C(=O)O)cnc3c(C(F)(F)F)cccc23)C1. The summed E-state index contributed by atoms with van der Waals surface area (Å²) in [5, 5.41) is 9.99. The smallest absolute Gasteiger partial charge is 0.418 e. The van der Waals surface area contributed by atoms with Crippen LogP contribution in [-0.2, 0) is 6.18 Å². The normalized spacial score (nSPS) is 26.6. The molecule has 7 heteroatoms.